The Labute approximate surface area is 153 Å². The number of fused-ring (bicyclic) bond motifs is 1. The van der Waals surface area contributed by atoms with Crippen LogP contribution in [0.15, 0.2) is 34.0 Å². The Hall–Kier alpha value is -3.56. The van der Waals surface area contributed by atoms with Gasteiger partial charge in [0.1, 0.15) is 5.65 Å². The Balaban J connectivity index is 2.09. The molecule has 0 aliphatic carbocycles. The van der Waals surface area contributed by atoms with E-state index in [0.29, 0.717) is 18.4 Å². The summed E-state index contributed by atoms with van der Waals surface area (Å²) >= 11 is 0. The number of anilines is 1. The third-order valence-corrected chi connectivity index (χ3v) is 4.29. The first kappa shape index (κ1) is 18.2. The first-order valence-electron chi connectivity index (χ1n) is 8.46. The van der Waals surface area contributed by atoms with Gasteiger partial charge in [-0.3, -0.25) is 24.1 Å². The molecular formula is C17H18N6O4. The van der Waals surface area contributed by atoms with Crippen molar-refractivity contribution in [2.24, 2.45) is 0 Å². The van der Waals surface area contributed by atoms with E-state index in [4.69, 9.17) is 0 Å². The molecule has 3 rings (SSSR count). The highest BCUT2D eigenvalue weighted by molar-refractivity contribution is 5.60. The van der Waals surface area contributed by atoms with Gasteiger partial charge in [-0.25, -0.2) is 10.1 Å². The van der Waals surface area contributed by atoms with E-state index in [2.05, 4.69) is 20.5 Å². The van der Waals surface area contributed by atoms with Crippen LogP contribution in [0.1, 0.15) is 30.7 Å². The van der Waals surface area contributed by atoms with Gasteiger partial charge in [0.25, 0.3) is 5.56 Å². The Kier molecular flexibility index (Phi) is 4.97. The van der Waals surface area contributed by atoms with Crippen LogP contribution in [-0.4, -0.2) is 24.5 Å². The molecule has 0 bridgehead atoms. The first-order chi connectivity index (χ1) is 13.0. The maximum absolute atomic E-state index is 12.5. The molecule has 0 aromatic carbocycles. The Morgan fingerprint density at radius 1 is 1.22 bits per heavy atom. The molecule has 3 heterocycles. The van der Waals surface area contributed by atoms with Crippen LogP contribution in [0.4, 0.5) is 11.5 Å². The molecule has 0 aliphatic heterocycles. The van der Waals surface area contributed by atoms with Gasteiger partial charge in [-0.15, -0.1) is 0 Å². The maximum atomic E-state index is 12.5. The average molecular weight is 370 g/mol. The molecule has 0 unspecified atom stereocenters. The van der Waals surface area contributed by atoms with E-state index in [-0.39, 0.29) is 23.6 Å². The number of nitrogens with one attached hydrogen (secondary N) is 2. The number of aromatic nitrogens is 4. The number of aryl methyl sites for hydroxylation is 1. The number of pyridine rings is 1. The van der Waals surface area contributed by atoms with Crippen molar-refractivity contribution in [3.8, 4) is 0 Å². The lowest BCUT2D eigenvalue weighted by Gasteiger charge is -2.12. The maximum Gasteiger partial charge on any atom is 0.376 e. The van der Waals surface area contributed by atoms with E-state index in [9.17, 15) is 19.7 Å². The lowest BCUT2D eigenvalue weighted by Crippen LogP contribution is -2.24. The van der Waals surface area contributed by atoms with E-state index < -0.39 is 16.2 Å². The van der Waals surface area contributed by atoms with Gasteiger partial charge in [-0.1, -0.05) is 19.9 Å². The van der Waals surface area contributed by atoms with Gasteiger partial charge in [0.15, 0.2) is 0 Å². The zero-order valence-electron chi connectivity index (χ0n) is 14.9. The number of hydrogen-bond donors (Lipinski definition) is 2. The van der Waals surface area contributed by atoms with Crippen molar-refractivity contribution in [2.75, 3.05) is 5.32 Å². The van der Waals surface area contributed by atoms with E-state index in [1.807, 2.05) is 13.8 Å². The van der Waals surface area contributed by atoms with Gasteiger partial charge < -0.3 is 5.32 Å². The van der Waals surface area contributed by atoms with E-state index in [1.165, 1.54) is 6.20 Å². The zero-order valence-corrected chi connectivity index (χ0v) is 14.9. The molecule has 0 saturated carbocycles. The first-order valence-corrected chi connectivity index (χ1v) is 8.46. The zero-order chi connectivity index (χ0) is 19.6. The normalized spacial score (nSPS) is 10.9. The third-order valence-electron chi connectivity index (χ3n) is 4.29. The van der Waals surface area contributed by atoms with Crippen LogP contribution >= 0.6 is 0 Å². The van der Waals surface area contributed by atoms with Gasteiger partial charge in [-0.2, -0.15) is 5.10 Å². The van der Waals surface area contributed by atoms with Crippen molar-refractivity contribution in [3.63, 3.8) is 0 Å². The van der Waals surface area contributed by atoms with Crippen molar-refractivity contribution in [3.05, 3.63) is 72.0 Å². The predicted octanol–water partition coefficient (Wildman–Crippen LogP) is 1.42. The molecule has 0 radical (unpaired) electrons. The highest BCUT2D eigenvalue weighted by atomic mass is 16.6. The van der Waals surface area contributed by atoms with Crippen LogP contribution in [-0.2, 0) is 19.4 Å². The molecule has 3 aromatic rings. The molecule has 0 atom stereocenters. The van der Waals surface area contributed by atoms with E-state index in [0.717, 1.165) is 15.7 Å². The molecule has 0 fully saturated rings. The molecule has 140 valence electrons. The fourth-order valence-corrected chi connectivity index (χ4v) is 3.00. The summed E-state index contributed by atoms with van der Waals surface area (Å²) in [6, 6.07) is 4.83. The monoisotopic (exact) mass is 370 g/mol. The minimum absolute atomic E-state index is 0.00961. The van der Waals surface area contributed by atoms with Gasteiger partial charge in [0, 0.05) is 18.3 Å². The molecule has 3 aromatic heterocycles. The van der Waals surface area contributed by atoms with Crippen molar-refractivity contribution < 1.29 is 4.92 Å². The largest absolute Gasteiger partial charge is 0.376 e. The van der Waals surface area contributed by atoms with Crippen molar-refractivity contribution in [1.82, 2.24) is 19.6 Å². The number of nitrogens with zero attached hydrogens (tertiary/aromatic N) is 4. The highest BCUT2D eigenvalue weighted by Gasteiger charge is 2.24. The number of H-pyrrole nitrogens is 1. The minimum Gasteiger partial charge on any atom is -0.360 e. The van der Waals surface area contributed by atoms with Crippen LogP contribution in [0.5, 0.6) is 0 Å². The van der Waals surface area contributed by atoms with Crippen LogP contribution < -0.4 is 16.4 Å². The van der Waals surface area contributed by atoms with Crippen LogP contribution in [0.3, 0.4) is 0 Å². The predicted molar refractivity (Wildman–Crippen MR) is 99.1 cm³/mol. The van der Waals surface area contributed by atoms with Crippen LogP contribution in [0.2, 0.25) is 0 Å². The topological polar surface area (TPSA) is 135 Å². The molecule has 0 spiro atoms. The second kappa shape index (κ2) is 7.36. The summed E-state index contributed by atoms with van der Waals surface area (Å²) in [7, 11) is 0. The third kappa shape index (κ3) is 3.28. The molecular weight excluding hydrogens is 352 g/mol. The smallest absolute Gasteiger partial charge is 0.360 e. The quantitative estimate of drug-likeness (QED) is 0.495. The van der Waals surface area contributed by atoms with Gasteiger partial charge in [0.2, 0.25) is 5.82 Å². The Morgan fingerprint density at radius 3 is 2.67 bits per heavy atom. The number of aromatic amines is 1. The van der Waals surface area contributed by atoms with Gasteiger partial charge in [0.05, 0.1) is 10.6 Å². The van der Waals surface area contributed by atoms with Crippen molar-refractivity contribution >= 4 is 17.2 Å². The van der Waals surface area contributed by atoms with Gasteiger partial charge >= 0.3 is 11.2 Å². The second-order valence-corrected chi connectivity index (χ2v) is 5.82. The summed E-state index contributed by atoms with van der Waals surface area (Å²) in [5.74, 6) is -0.174. The summed E-state index contributed by atoms with van der Waals surface area (Å²) in [4.78, 5) is 39.5. The molecule has 10 heteroatoms. The summed E-state index contributed by atoms with van der Waals surface area (Å²) < 4.78 is 1.11. The highest BCUT2D eigenvalue weighted by Crippen LogP contribution is 2.19. The van der Waals surface area contributed by atoms with E-state index >= 15 is 0 Å². The van der Waals surface area contributed by atoms with Crippen molar-refractivity contribution in [2.45, 2.75) is 33.2 Å². The standard InChI is InChI=1S/C17H18N6O4/c1-3-10-11(16(24)21-20-12(10)4-2)9-18-15-14(23(26)27)17(25)22-8-6-5-7-13(22)19-15/h5-8,18H,3-4,9H2,1-2H3,(H,21,24). The number of nitro groups is 1. The average Bonchev–Trinajstić information content (AvgIpc) is 2.66. The second-order valence-electron chi connectivity index (χ2n) is 5.82. The summed E-state index contributed by atoms with van der Waals surface area (Å²) in [5.41, 5.74) is 0.401. The summed E-state index contributed by atoms with van der Waals surface area (Å²) in [6.07, 6.45) is 2.65. The lowest BCUT2D eigenvalue weighted by molar-refractivity contribution is -0.385. The lowest BCUT2D eigenvalue weighted by atomic mass is 10.0. The minimum atomic E-state index is -0.790. The molecule has 10 nitrogen and oxygen atoms in total. The fraction of sp³-hybridized carbons (Fsp3) is 0.294. The van der Waals surface area contributed by atoms with Crippen molar-refractivity contribution in [1.29, 1.82) is 0 Å². The van der Waals surface area contributed by atoms with Gasteiger partial charge in [-0.05, 0) is 30.5 Å². The Morgan fingerprint density at radius 2 is 2.00 bits per heavy atom. The molecule has 27 heavy (non-hydrogen) atoms. The number of rotatable bonds is 6. The molecule has 0 amide bonds. The molecule has 0 saturated heterocycles. The SMILES string of the molecule is CCc1n[nH]c(=O)c(CNc2nc3ccccn3c(=O)c2[N+](=O)[O-])c1CC. The molecule has 2 N–H and O–H groups in total. The van der Waals surface area contributed by atoms with E-state index in [1.54, 1.807) is 18.2 Å². The van der Waals surface area contributed by atoms with Crippen LogP contribution in [0, 0.1) is 10.1 Å². The molecule has 0 aliphatic rings. The fourth-order valence-electron chi connectivity index (χ4n) is 3.00. The van der Waals surface area contributed by atoms with Crippen LogP contribution in [0.25, 0.3) is 5.65 Å². The number of hydrogen-bond acceptors (Lipinski definition) is 7. The Bertz CT molecular complexity index is 1130. The summed E-state index contributed by atoms with van der Waals surface area (Å²) in [6.45, 7) is 3.82. The summed E-state index contributed by atoms with van der Waals surface area (Å²) in [5, 5.41) is 20.7.